The molecule has 0 aliphatic rings. The van der Waals surface area contributed by atoms with Crippen LogP contribution in [0.3, 0.4) is 0 Å². The Morgan fingerprint density at radius 2 is 1.92 bits per heavy atom. The van der Waals surface area contributed by atoms with Crippen molar-refractivity contribution in [2.24, 2.45) is 0 Å². The fraction of sp³-hybridized carbons (Fsp3) is 0.200. The van der Waals surface area contributed by atoms with E-state index in [4.69, 9.17) is 21.7 Å². The van der Waals surface area contributed by atoms with Gasteiger partial charge in [0, 0.05) is 17.3 Å². The van der Waals surface area contributed by atoms with Gasteiger partial charge in [-0.05, 0) is 55.0 Å². The SMILES string of the molecule is C=CCOc1cccc(NC(=S)NC(=O)c2ccc(OCCC)cc2)c1. The van der Waals surface area contributed by atoms with E-state index in [-0.39, 0.29) is 11.0 Å². The van der Waals surface area contributed by atoms with Crippen molar-refractivity contribution in [3.8, 4) is 11.5 Å². The Balaban J connectivity index is 1.90. The topological polar surface area (TPSA) is 59.6 Å². The number of thiocarbonyl (C=S) groups is 1. The highest BCUT2D eigenvalue weighted by atomic mass is 32.1. The molecule has 0 aliphatic heterocycles. The Kier molecular flexibility index (Phi) is 7.64. The molecule has 0 heterocycles. The van der Waals surface area contributed by atoms with Crippen LogP contribution in [0.5, 0.6) is 11.5 Å². The molecule has 136 valence electrons. The molecule has 2 rings (SSSR count). The van der Waals surface area contributed by atoms with Crippen LogP contribution in [-0.4, -0.2) is 24.2 Å². The molecule has 2 N–H and O–H groups in total. The minimum Gasteiger partial charge on any atom is -0.494 e. The van der Waals surface area contributed by atoms with Crippen LogP contribution in [-0.2, 0) is 0 Å². The fourth-order valence-corrected chi connectivity index (χ4v) is 2.29. The zero-order chi connectivity index (χ0) is 18.8. The second-order valence-corrected chi connectivity index (χ2v) is 5.82. The maximum Gasteiger partial charge on any atom is 0.257 e. The molecule has 0 spiro atoms. The fourth-order valence-electron chi connectivity index (χ4n) is 2.08. The Morgan fingerprint density at radius 1 is 1.15 bits per heavy atom. The van der Waals surface area contributed by atoms with Crippen LogP contribution in [0, 0.1) is 0 Å². The first kappa shape index (κ1) is 19.5. The lowest BCUT2D eigenvalue weighted by atomic mass is 10.2. The molecule has 0 aromatic heterocycles. The third-order valence-electron chi connectivity index (χ3n) is 3.28. The van der Waals surface area contributed by atoms with Gasteiger partial charge in [0.2, 0.25) is 0 Å². The summed E-state index contributed by atoms with van der Waals surface area (Å²) in [4.78, 5) is 12.3. The summed E-state index contributed by atoms with van der Waals surface area (Å²) in [6.07, 6.45) is 2.60. The van der Waals surface area contributed by atoms with E-state index in [9.17, 15) is 4.79 Å². The molecule has 0 radical (unpaired) electrons. The standard InChI is InChI=1S/C20H22N2O3S/c1-3-12-24-17-10-8-15(9-11-17)19(23)22-20(26)21-16-6-5-7-18(14-16)25-13-4-2/h4-11,14H,2-3,12-13H2,1H3,(H2,21,22,23,26). The van der Waals surface area contributed by atoms with E-state index >= 15 is 0 Å². The van der Waals surface area contributed by atoms with Gasteiger partial charge in [-0.3, -0.25) is 10.1 Å². The number of benzene rings is 2. The van der Waals surface area contributed by atoms with Gasteiger partial charge < -0.3 is 14.8 Å². The summed E-state index contributed by atoms with van der Waals surface area (Å²) in [5.41, 5.74) is 1.22. The smallest absolute Gasteiger partial charge is 0.257 e. The highest BCUT2D eigenvalue weighted by Crippen LogP contribution is 2.17. The number of carbonyl (C=O) groups is 1. The van der Waals surface area contributed by atoms with Gasteiger partial charge in [0.15, 0.2) is 5.11 Å². The van der Waals surface area contributed by atoms with Gasteiger partial charge in [0.1, 0.15) is 18.1 Å². The Bertz CT molecular complexity index is 760. The summed E-state index contributed by atoms with van der Waals surface area (Å²) in [7, 11) is 0. The number of rotatable bonds is 8. The number of hydrogen-bond acceptors (Lipinski definition) is 4. The molecule has 0 bridgehead atoms. The molecule has 26 heavy (non-hydrogen) atoms. The Morgan fingerprint density at radius 3 is 2.62 bits per heavy atom. The number of ether oxygens (including phenoxy) is 2. The number of nitrogens with one attached hydrogen (secondary N) is 2. The minimum absolute atomic E-state index is 0.210. The van der Waals surface area contributed by atoms with Crippen LogP contribution >= 0.6 is 12.2 Å². The van der Waals surface area contributed by atoms with E-state index in [1.54, 1.807) is 36.4 Å². The first-order chi connectivity index (χ1) is 12.6. The summed E-state index contributed by atoms with van der Waals surface area (Å²) in [5.74, 6) is 1.13. The maximum absolute atomic E-state index is 12.3. The first-order valence-electron chi connectivity index (χ1n) is 8.31. The van der Waals surface area contributed by atoms with Gasteiger partial charge in [-0.25, -0.2) is 0 Å². The molecule has 0 saturated heterocycles. The molecule has 0 unspecified atom stereocenters. The summed E-state index contributed by atoms with van der Waals surface area (Å²) < 4.78 is 11.0. The van der Waals surface area contributed by atoms with Crippen LogP contribution in [0.15, 0.2) is 61.2 Å². The Hall–Kier alpha value is -2.86. The summed E-state index contributed by atoms with van der Waals surface area (Å²) in [5, 5.41) is 5.83. The van der Waals surface area contributed by atoms with Crippen molar-refractivity contribution >= 4 is 28.9 Å². The van der Waals surface area contributed by atoms with Crippen molar-refractivity contribution in [3.05, 3.63) is 66.7 Å². The van der Waals surface area contributed by atoms with E-state index in [2.05, 4.69) is 17.2 Å². The quantitative estimate of drug-likeness (QED) is 0.540. The third-order valence-corrected chi connectivity index (χ3v) is 3.48. The van der Waals surface area contributed by atoms with E-state index in [0.717, 1.165) is 17.9 Å². The predicted molar refractivity (Wildman–Crippen MR) is 108 cm³/mol. The van der Waals surface area contributed by atoms with Crippen molar-refractivity contribution < 1.29 is 14.3 Å². The summed E-state index contributed by atoms with van der Waals surface area (Å²) in [6.45, 7) is 6.72. The average Bonchev–Trinajstić information content (AvgIpc) is 2.65. The molecular weight excluding hydrogens is 348 g/mol. The molecule has 0 saturated carbocycles. The highest BCUT2D eigenvalue weighted by molar-refractivity contribution is 7.80. The van der Waals surface area contributed by atoms with Gasteiger partial charge >= 0.3 is 0 Å². The molecular formula is C20H22N2O3S. The monoisotopic (exact) mass is 370 g/mol. The van der Waals surface area contributed by atoms with Crippen molar-refractivity contribution in [2.45, 2.75) is 13.3 Å². The van der Waals surface area contributed by atoms with Crippen LogP contribution in [0.2, 0.25) is 0 Å². The van der Waals surface area contributed by atoms with Crippen molar-refractivity contribution in [1.82, 2.24) is 5.32 Å². The van der Waals surface area contributed by atoms with E-state index in [1.165, 1.54) is 0 Å². The van der Waals surface area contributed by atoms with Gasteiger partial charge in [-0.2, -0.15) is 0 Å². The first-order valence-corrected chi connectivity index (χ1v) is 8.72. The molecule has 2 aromatic carbocycles. The lowest BCUT2D eigenvalue weighted by Crippen LogP contribution is -2.34. The van der Waals surface area contributed by atoms with Crippen LogP contribution in [0.25, 0.3) is 0 Å². The van der Waals surface area contributed by atoms with Gasteiger partial charge in [0.25, 0.3) is 5.91 Å². The highest BCUT2D eigenvalue weighted by Gasteiger charge is 2.08. The number of anilines is 1. The normalized spacial score (nSPS) is 9.88. The summed E-state index contributed by atoms with van der Waals surface area (Å²) in [6, 6.07) is 14.2. The lowest BCUT2D eigenvalue weighted by molar-refractivity contribution is 0.0977. The molecule has 0 fully saturated rings. The van der Waals surface area contributed by atoms with Crippen LogP contribution < -0.4 is 20.1 Å². The van der Waals surface area contributed by atoms with Gasteiger partial charge in [-0.1, -0.05) is 25.6 Å². The molecule has 5 nitrogen and oxygen atoms in total. The minimum atomic E-state index is -0.288. The van der Waals surface area contributed by atoms with Crippen molar-refractivity contribution in [2.75, 3.05) is 18.5 Å². The van der Waals surface area contributed by atoms with E-state index < -0.39 is 0 Å². The zero-order valence-electron chi connectivity index (χ0n) is 14.7. The molecule has 0 atom stereocenters. The number of hydrogen-bond donors (Lipinski definition) is 2. The molecule has 6 heteroatoms. The number of amides is 1. The number of carbonyl (C=O) groups excluding carboxylic acids is 1. The maximum atomic E-state index is 12.3. The van der Waals surface area contributed by atoms with Gasteiger partial charge in [0.05, 0.1) is 6.61 Å². The zero-order valence-corrected chi connectivity index (χ0v) is 15.5. The lowest BCUT2D eigenvalue weighted by Gasteiger charge is -2.11. The third kappa shape index (κ3) is 6.22. The molecule has 1 amide bonds. The van der Waals surface area contributed by atoms with Crippen molar-refractivity contribution in [3.63, 3.8) is 0 Å². The van der Waals surface area contributed by atoms with Gasteiger partial charge in [-0.15, -0.1) is 0 Å². The Labute approximate surface area is 159 Å². The molecule has 2 aromatic rings. The largest absolute Gasteiger partial charge is 0.494 e. The average molecular weight is 370 g/mol. The van der Waals surface area contributed by atoms with Crippen LogP contribution in [0.4, 0.5) is 5.69 Å². The summed E-state index contributed by atoms with van der Waals surface area (Å²) >= 11 is 5.20. The molecule has 0 aliphatic carbocycles. The van der Waals surface area contributed by atoms with E-state index in [0.29, 0.717) is 24.5 Å². The second kappa shape index (κ2) is 10.2. The van der Waals surface area contributed by atoms with E-state index in [1.807, 2.05) is 25.1 Å². The predicted octanol–water partition coefficient (Wildman–Crippen LogP) is 4.17. The van der Waals surface area contributed by atoms with Crippen molar-refractivity contribution in [1.29, 1.82) is 0 Å². The van der Waals surface area contributed by atoms with Crippen LogP contribution in [0.1, 0.15) is 23.7 Å². The second-order valence-electron chi connectivity index (χ2n) is 5.41.